The molecule has 1 fully saturated rings. The summed E-state index contributed by atoms with van der Waals surface area (Å²) in [5.74, 6) is 1.36. The lowest BCUT2D eigenvalue weighted by Crippen LogP contribution is -2.48. The molecule has 0 atom stereocenters. The zero-order chi connectivity index (χ0) is 16.7. The molecule has 0 bridgehead atoms. The number of ether oxygens (including phenoxy) is 2. The van der Waals surface area contributed by atoms with Crippen molar-refractivity contribution in [1.82, 2.24) is 9.80 Å². The first-order valence-corrected chi connectivity index (χ1v) is 8.21. The largest absolute Gasteiger partial charge is 0.490 e. The minimum absolute atomic E-state index is 0.0484. The Morgan fingerprint density at radius 1 is 1.13 bits per heavy atom. The topological polar surface area (TPSA) is 42.0 Å². The van der Waals surface area contributed by atoms with Crippen LogP contribution in [0.4, 0.5) is 0 Å². The van der Waals surface area contributed by atoms with Gasteiger partial charge in [0.15, 0.2) is 11.5 Å². The molecule has 1 aliphatic rings. The molecule has 0 spiro atoms. The number of carbonyl (C=O) groups is 1. The quantitative estimate of drug-likeness (QED) is 0.724. The molecular weight excluding hydrogens is 292 g/mol. The van der Waals surface area contributed by atoms with Gasteiger partial charge in [0.05, 0.1) is 13.2 Å². The summed E-state index contributed by atoms with van der Waals surface area (Å²) in [6, 6.07) is 5.41. The molecule has 0 N–H and O–H groups in total. The van der Waals surface area contributed by atoms with Gasteiger partial charge in [-0.25, -0.2) is 0 Å². The third-order valence-electron chi connectivity index (χ3n) is 3.84. The summed E-state index contributed by atoms with van der Waals surface area (Å²) < 4.78 is 11.1. The van der Waals surface area contributed by atoms with Gasteiger partial charge in [-0.05, 0) is 32.0 Å². The van der Waals surface area contributed by atoms with Crippen LogP contribution in [0, 0.1) is 0 Å². The van der Waals surface area contributed by atoms with Crippen molar-refractivity contribution in [3.05, 3.63) is 36.4 Å². The maximum absolute atomic E-state index is 12.7. The van der Waals surface area contributed by atoms with Crippen molar-refractivity contribution in [1.29, 1.82) is 0 Å². The summed E-state index contributed by atoms with van der Waals surface area (Å²) in [5, 5.41) is 0. The maximum atomic E-state index is 12.7. The average molecular weight is 318 g/mol. The highest BCUT2D eigenvalue weighted by molar-refractivity contribution is 5.95. The Labute approximate surface area is 138 Å². The van der Waals surface area contributed by atoms with Gasteiger partial charge in [0.2, 0.25) is 0 Å². The van der Waals surface area contributed by atoms with E-state index in [9.17, 15) is 4.79 Å². The lowest BCUT2D eigenvalue weighted by Gasteiger charge is -2.34. The molecule has 1 amide bonds. The fourth-order valence-electron chi connectivity index (χ4n) is 2.68. The van der Waals surface area contributed by atoms with E-state index in [1.165, 1.54) is 0 Å². The van der Waals surface area contributed by atoms with Crippen LogP contribution in [0.1, 0.15) is 24.2 Å². The number of piperazine rings is 1. The Hall–Kier alpha value is -2.01. The third kappa shape index (κ3) is 4.48. The molecule has 5 nitrogen and oxygen atoms in total. The Morgan fingerprint density at radius 3 is 2.39 bits per heavy atom. The molecule has 2 rings (SSSR count). The van der Waals surface area contributed by atoms with E-state index >= 15 is 0 Å². The zero-order valence-corrected chi connectivity index (χ0v) is 14.1. The molecule has 5 heteroatoms. The molecule has 1 heterocycles. The van der Waals surface area contributed by atoms with E-state index in [2.05, 4.69) is 11.5 Å². The number of amides is 1. The van der Waals surface area contributed by atoms with Crippen LogP contribution >= 0.6 is 0 Å². The number of nitrogens with zero attached hydrogens (tertiary/aromatic N) is 2. The normalized spacial score (nSPS) is 15.3. The van der Waals surface area contributed by atoms with Gasteiger partial charge in [0.1, 0.15) is 0 Å². The van der Waals surface area contributed by atoms with Crippen LogP contribution in [0.5, 0.6) is 11.5 Å². The second-order valence-corrected chi connectivity index (χ2v) is 5.41. The second-order valence-electron chi connectivity index (χ2n) is 5.41. The fraction of sp³-hybridized carbons (Fsp3) is 0.500. The predicted octanol–water partition coefficient (Wildman–Crippen LogP) is 2.43. The van der Waals surface area contributed by atoms with Crippen LogP contribution in [-0.4, -0.2) is 61.6 Å². The smallest absolute Gasteiger partial charge is 0.254 e. The fourth-order valence-corrected chi connectivity index (χ4v) is 2.68. The van der Waals surface area contributed by atoms with Crippen molar-refractivity contribution in [2.75, 3.05) is 45.9 Å². The van der Waals surface area contributed by atoms with Crippen molar-refractivity contribution in [2.45, 2.75) is 13.8 Å². The van der Waals surface area contributed by atoms with Gasteiger partial charge < -0.3 is 14.4 Å². The summed E-state index contributed by atoms with van der Waals surface area (Å²) in [4.78, 5) is 16.9. The molecule has 1 aromatic rings. The molecule has 0 aliphatic carbocycles. The average Bonchev–Trinajstić information content (AvgIpc) is 2.57. The van der Waals surface area contributed by atoms with Gasteiger partial charge in [-0.3, -0.25) is 9.69 Å². The predicted molar refractivity (Wildman–Crippen MR) is 91.3 cm³/mol. The number of carbonyl (C=O) groups excluding carboxylic acids is 1. The maximum Gasteiger partial charge on any atom is 0.254 e. The van der Waals surface area contributed by atoms with Gasteiger partial charge in [0.25, 0.3) is 5.91 Å². The monoisotopic (exact) mass is 318 g/mol. The summed E-state index contributed by atoms with van der Waals surface area (Å²) in [6.45, 7) is 12.8. The summed E-state index contributed by atoms with van der Waals surface area (Å²) in [6.07, 6.45) is 1.90. The molecule has 0 radical (unpaired) electrons. The van der Waals surface area contributed by atoms with Gasteiger partial charge in [-0.1, -0.05) is 6.08 Å². The van der Waals surface area contributed by atoms with Crippen LogP contribution in [-0.2, 0) is 0 Å². The van der Waals surface area contributed by atoms with Crippen LogP contribution in [0.25, 0.3) is 0 Å². The van der Waals surface area contributed by atoms with E-state index < -0.39 is 0 Å². The van der Waals surface area contributed by atoms with Crippen molar-refractivity contribution in [3.8, 4) is 11.5 Å². The van der Waals surface area contributed by atoms with Crippen LogP contribution < -0.4 is 9.47 Å². The van der Waals surface area contributed by atoms with E-state index in [1.54, 1.807) is 6.07 Å². The lowest BCUT2D eigenvalue weighted by atomic mass is 10.1. The lowest BCUT2D eigenvalue weighted by molar-refractivity contribution is 0.0649. The minimum Gasteiger partial charge on any atom is -0.490 e. The second kappa shape index (κ2) is 8.58. The molecule has 0 unspecified atom stereocenters. The van der Waals surface area contributed by atoms with Crippen molar-refractivity contribution in [2.24, 2.45) is 0 Å². The highest BCUT2D eigenvalue weighted by Crippen LogP contribution is 2.29. The molecule has 0 aromatic heterocycles. The number of hydrogen-bond acceptors (Lipinski definition) is 4. The van der Waals surface area contributed by atoms with Gasteiger partial charge in [0, 0.05) is 38.3 Å². The van der Waals surface area contributed by atoms with E-state index in [1.807, 2.05) is 37.0 Å². The zero-order valence-electron chi connectivity index (χ0n) is 14.1. The molecule has 126 valence electrons. The Kier molecular flexibility index (Phi) is 6.47. The van der Waals surface area contributed by atoms with Crippen molar-refractivity contribution in [3.63, 3.8) is 0 Å². The SMILES string of the molecule is C=CCN1CCN(C(=O)c2ccc(OCC)c(OCC)c2)CC1. The van der Waals surface area contributed by atoms with E-state index in [4.69, 9.17) is 9.47 Å². The van der Waals surface area contributed by atoms with Gasteiger partial charge in [-0.2, -0.15) is 0 Å². The minimum atomic E-state index is 0.0484. The van der Waals surface area contributed by atoms with Gasteiger partial charge >= 0.3 is 0 Å². The Bertz CT molecular complexity index is 537. The summed E-state index contributed by atoms with van der Waals surface area (Å²) in [5.41, 5.74) is 0.647. The summed E-state index contributed by atoms with van der Waals surface area (Å²) >= 11 is 0. The molecule has 1 saturated heterocycles. The standard InChI is InChI=1S/C18H26N2O3/c1-4-9-19-10-12-20(13-11-19)18(21)15-7-8-16(22-5-2)17(14-15)23-6-3/h4,7-8,14H,1,5-6,9-13H2,2-3H3. The first kappa shape index (κ1) is 17.3. The van der Waals surface area contributed by atoms with Crippen LogP contribution in [0.3, 0.4) is 0 Å². The Morgan fingerprint density at radius 2 is 1.78 bits per heavy atom. The Balaban J connectivity index is 2.07. The van der Waals surface area contributed by atoms with E-state index in [0.29, 0.717) is 30.3 Å². The number of rotatable bonds is 7. The van der Waals surface area contributed by atoms with E-state index in [0.717, 1.165) is 32.7 Å². The first-order chi connectivity index (χ1) is 11.2. The highest BCUT2D eigenvalue weighted by atomic mass is 16.5. The van der Waals surface area contributed by atoms with Gasteiger partial charge in [-0.15, -0.1) is 6.58 Å². The summed E-state index contributed by atoms with van der Waals surface area (Å²) in [7, 11) is 0. The van der Waals surface area contributed by atoms with Crippen molar-refractivity contribution < 1.29 is 14.3 Å². The molecule has 0 saturated carbocycles. The third-order valence-corrected chi connectivity index (χ3v) is 3.84. The highest BCUT2D eigenvalue weighted by Gasteiger charge is 2.22. The molecule has 1 aromatic carbocycles. The molecule has 1 aliphatic heterocycles. The number of hydrogen-bond donors (Lipinski definition) is 0. The van der Waals surface area contributed by atoms with E-state index in [-0.39, 0.29) is 5.91 Å². The van der Waals surface area contributed by atoms with Crippen LogP contribution in [0.15, 0.2) is 30.9 Å². The van der Waals surface area contributed by atoms with Crippen LogP contribution in [0.2, 0.25) is 0 Å². The number of benzene rings is 1. The molecule has 23 heavy (non-hydrogen) atoms. The first-order valence-electron chi connectivity index (χ1n) is 8.21. The van der Waals surface area contributed by atoms with Crippen molar-refractivity contribution >= 4 is 5.91 Å². The molecular formula is C18H26N2O3.